The lowest BCUT2D eigenvalue weighted by Crippen LogP contribution is -2.45. The van der Waals surface area contributed by atoms with Crippen molar-refractivity contribution < 1.29 is 4.74 Å². The number of nitrogens with zero attached hydrogens (tertiary/aromatic N) is 1. The van der Waals surface area contributed by atoms with Crippen LogP contribution in [0.2, 0.25) is 0 Å². The highest BCUT2D eigenvalue weighted by molar-refractivity contribution is 4.74. The van der Waals surface area contributed by atoms with E-state index in [4.69, 9.17) is 10.5 Å². The van der Waals surface area contributed by atoms with Gasteiger partial charge in [-0.1, -0.05) is 6.92 Å². The van der Waals surface area contributed by atoms with Gasteiger partial charge < -0.3 is 10.5 Å². The van der Waals surface area contributed by atoms with E-state index in [-0.39, 0.29) is 0 Å². The van der Waals surface area contributed by atoms with Crippen molar-refractivity contribution in [3.63, 3.8) is 0 Å². The summed E-state index contributed by atoms with van der Waals surface area (Å²) >= 11 is 0. The van der Waals surface area contributed by atoms with Gasteiger partial charge in [0.1, 0.15) is 0 Å². The Balaban J connectivity index is 2.19. The molecule has 3 heteroatoms. The van der Waals surface area contributed by atoms with Gasteiger partial charge in [-0.3, -0.25) is 4.90 Å². The maximum atomic E-state index is 5.73. The molecule has 1 rings (SSSR count). The van der Waals surface area contributed by atoms with Crippen LogP contribution >= 0.6 is 0 Å². The molecule has 84 valence electrons. The molecule has 1 heterocycles. The topological polar surface area (TPSA) is 38.5 Å². The van der Waals surface area contributed by atoms with Crippen molar-refractivity contribution in [2.24, 2.45) is 5.73 Å². The van der Waals surface area contributed by atoms with E-state index in [9.17, 15) is 0 Å². The van der Waals surface area contributed by atoms with Crippen LogP contribution in [-0.2, 0) is 4.74 Å². The molecule has 1 fully saturated rings. The Morgan fingerprint density at radius 1 is 1.57 bits per heavy atom. The predicted molar refractivity (Wildman–Crippen MR) is 59.4 cm³/mol. The predicted octanol–water partition coefficient (Wildman–Crippen LogP) is 1.22. The molecule has 0 aromatic heterocycles. The van der Waals surface area contributed by atoms with Crippen molar-refractivity contribution in [2.45, 2.75) is 45.2 Å². The Hall–Kier alpha value is -0.120. The summed E-state index contributed by atoms with van der Waals surface area (Å²) in [6.45, 7) is 8.40. The zero-order valence-corrected chi connectivity index (χ0v) is 9.54. The van der Waals surface area contributed by atoms with Crippen molar-refractivity contribution in [3.05, 3.63) is 0 Å². The molecule has 2 atom stereocenters. The van der Waals surface area contributed by atoms with E-state index >= 15 is 0 Å². The maximum Gasteiger partial charge on any atom is 0.0622 e. The lowest BCUT2D eigenvalue weighted by atomic mass is 10.1. The third-order valence-corrected chi connectivity index (χ3v) is 2.93. The van der Waals surface area contributed by atoms with Crippen LogP contribution in [0.4, 0.5) is 0 Å². The largest absolute Gasteiger partial charge is 0.378 e. The molecule has 0 aromatic rings. The summed E-state index contributed by atoms with van der Waals surface area (Å²) in [6, 6.07) is 0.980. The molecule has 1 aliphatic heterocycles. The lowest BCUT2D eigenvalue weighted by molar-refractivity contribution is -0.00924. The zero-order chi connectivity index (χ0) is 10.4. The van der Waals surface area contributed by atoms with E-state index in [0.717, 1.165) is 26.2 Å². The SMILES string of the molecule is CCC1COCCN1CCCC(C)N. The average Bonchev–Trinajstić information content (AvgIpc) is 2.18. The lowest BCUT2D eigenvalue weighted by Gasteiger charge is -2.35. The second-order valence-corrected chi connectivity index (χ2v) is 4.29. The molecular formula is C11H24N2O. The molecule has 14 heavy (non-hydrogen) atoms. The van der Waals surface area contributed by atoms with Gasteiger partial charge in [0.2, 0.25) is 0 Å². The number of rotatable bonds is 5. The fraction of sp³-hybridized carbons (Fsp3) is 1.00. The van der Waals surface area contributed by atoms with Gasteiger partial charge >= 0.3 is 0 Å². The van der Waals surface area contributed by atoms with Crippen LogP contribution in [0.5, 0.6) is 0 Å². The van der Waals surface area contributed by atoms with E-state index in [1.807, 2.05) is 0 Å². The summed E-state index contributed by atoms with van der Waals surface area (Å²) < 4.78 is 5.46. The Bertz CT molecular complexity index is 150. The number of hydrogen-bond donors (Lipinski definition) is 1. The van der Waals surface area contributed by atoms with Gasteiger partial charge in [-0.2, -0.15) is 0 Å². The molecule has 3 nitrogen and oxygen atoms in total. The minimum Gasteiger partial charge on any atom is -0.378 e. The highest BCUT2D eigenvalue weighted by atomic mass is 16.5. The summed E-state index contributed by atoms with van der Waals surface area (Å²) in [4.78, 5) is 2.55. The van der Waals surface area contributed by atoms with E-state index in [2.05, 4.69) is 18.7 Å². The maximum absolute atomic E-state index is 5.73. The van der Waals surface area contributed by atoms with Crippen LogP contribution in [0, 0.1) is 0 Å². The minimum absolute atomic E-state index is 0.344. The van der Waals surface area contributed by atoms with Crippen LogP contribution in [-0.4, -0.2) is 43.3 Å². The molecule has 0 aliphatic carbocycles. The second kappa shape index (κ2) is 6.38. The number of hydrogen-bond acceptors (Lipinski definition) is 3. The molecule has 1 aliphatic rings. The first kappa shape index (κ1) is 12.0. The Morgan fingerprint density at radius 3 is 3.00 bits per heavy atom. The van der Waals surface area contributed by atoms with Crippen LogP contribution in [0.15, 0.2) is 0 Å². The van der Waals surface area contributed by atoms with E-state index < -0.39 is 0 Å². The molecule has 0 amide bonds. The molecule has 0 aromatic carbocycles. The minimum atomic E-state index is 0.344. The summed E-state index contributed by atoms with van der Waals surface area (Å²) in [7, 11) is 0. The Kier molecular flexibility index (Phi) is 5.45. The van der Waals surface area contributed by atoms with Crippen LogP contribution < -0.4 is 5.73 Å². The molecule has 0 bridgehead atoms. The van der Waals surface area contributed by atoms with Gasteiger partial charge in [0, 0.05) is 18.6 Å². The Morgan fingerprint density at radius 2 is 2.36 bits per heavy atom. The third-order valence-electron chi connectivity index (χ3n) is 2.93. The van der Waals surface area contributed by atoms with Gasteiger partial charge in [0.25, 0.3) is 0 Å². The molecule has 2 N–H and O–H groups in total. The van der Waals surface area contributed by atoms with Gasteiger partial charge in [-0.05, 0) is 32.7 Å². The first-order chi connectivity index (χ1) is 6.74. The fourth-order valence-electron chi connectivity index (χ4n) is 1.98. The fourth-order valence-corrected chi connectivity index (χ4v) is 1.98. The van der Waals surface area contributed by atoms with Gasteiger partial charge in [-0.25, -0.2) is 0 Å². The first-order valence-corrected chi connectivity index (χ1v) is 5.81. The molecule has 2 unspecified atom stereocenters. The molecule has 0 spiro atoms. The zero-order valence-electron chi connectivity index (χ0n) is 9.54. The summed E-state index contributed by atoms with van der Waals surface area (Å²) in [5.41, 5.74) is 5.73. The van der Waals surface area contributed by atoms with E-state index in [0.29, 0.717) is 12.1 Å². The van der Waals surface area contributed by atoms with Crippen LogP contribution in [0.25, 0.3) is 0 Å². The highest BCUT2D eigenvalue weighted by Gasteiger charge is 2.20. The van der Waals surface area contributed by atoms with Crippen molar-refractivity contribution in [2.75, 3.05) is 26.3 Å². The van der Waals surface area contributed by atoms with Gasteiger partial charge in [0.15, 0.2) is 0 Å². The highest BCUT2D eigenvalue weighted by Crippen LogP contribution is 2.11. The van der Waals surface area contributed by atoms with Crippen molar-refractivity contribution in [1.82, 2.24) is 4.90 Å². The smallest absolute Gasteiger partial charge is 0.0622 e. The number of morpholine rings is 1. The third kappa shape index (κ3) is 3.95. The molecular weight excluding hydrogens is 176 g/mol. The van der Waals surface area contributed by atoms with Crippen molar-refractivity contribution in [3.8, 4) is 0 Å². The molecule has 1 saturated heterocycles. The summed E-state index contributed by atoms with van der Waals surface area (Å²) in [5.74, 6) is 0. The van der Waals surface area contributed by atoms with Gasteiger partial charge in [-0.15, -0.1) is 0 Å². The van der Waals surface area contributed by atoms with Crippen LogP contribution in [0.3, 0.4) is 0 Å². The average molecular weight is 200 g/mol. The van der Waals surface area contributed by atoms with Gasteiger partial charge in [0.05, 0.1) is 13.2 Å². The monoisotopic (exact) mass is 200 g/mol. The van der Waals surface area contributed by atoms with E-state index in [1.54, 1.807) is 0 Å². The number of ether oxygens (including phenoxy) is 1. The van der Waals surface area contributed by atoms with Crippen LogP contribution in [0.1, 0.15) is 33.1 Å². The Labute approximate surface area is 87.6 Å². The summed E-state index contributed by atoms with van der Waals surface area (Å²) in [5, 5.41) is 0. The number of nitrogens with two attached hydrogens (primary N) is 1. The standard InChI is InChI=1S/C11H24N2O/c1-3-11-9-14-8-7-13(11)6-4-5-10(2)12/h10-11H,3-9,12H2,1-2H3. The normalized spacial score (nSPS) is 26.4. The van der Waals surface area contributed by atoms with Crippen molar-refractivity contribution in [1.29, 1.82) is 0 Å². The quantitative estimate of drug-likeness (QED) is 0.725. The second-order valence-electron chi connectivity index (χ2n) is 4.29. The molecule has 0 radical (unpaired) electrons. The summed E-state index contributed by atoms with van der Waals surface area (Å²) in [6.07, 6.45) is 3.54. The molecule has 0 saturated carbocycles. The van der Waals surface area contributed by atoms with E-state index in [1.165, 1.54) is 19.4 Å². The first-order valence-electron chi connectivity index (χ1n) is 5.81. The van der Waals surface area contributed by atoms with Crippen molar-refractivity contribution >= 4 is 0 Å².